The lowest BCUT2D eigenvalue weighted by molar-refractivity contribution is -0.109. The molecule has 0 bridgehead atoms. The number of anilines is 1. The van der Waals surface area contributed by atoms with E-state index in [2.05, 4.69) is 10.2 Å². The summed E-state index contributed by atoms with van der Waals surface area (Å²) in [5.74, 6) is 0.673. The largest absolute Gasteiger partial charge is 0.491 e. The number of hydrogen-bond donors (Lipinski definition) is 1. The van der Waals surface area contributed by atoms with Gasteiger partial charge in [-0.05, 0) is 39.2 Å². The lowest BCUT2D eigenvalue weighted by Crippen LogP contribution is -2.41. The third-order valence-electron chi connectivity index (χ3n) is 4.16. The van der Waals surface area contributed by atoms with Crippen LogP contribution in [0.1, 0.15) is 40.2 Å². The fraction of sp³-hybridized carbons (Fsp3) is 0.533. The van der Waals surface area contributed by atoms with Crippen molar-refractivity contribution in [2.24, 2.45) is 0 Å². The summed E-state index contributed by atoms with van der Waals surface area (Å²) in [5, 5.41) is 7.76. The highest BCUT2D eigenvalue weighted by molar-refractivity contribution is 8.13. The molecule has 0 radical (unpaired) electrons. The number of carbonyl (C=O) groups excluding carboxylic acids is 1. The van der Waals surface area contributed by atoms with Crippen LogP contribution in [0.15, 0.2) is 11.5 Å². The summed E-state index contributed by atoms with van der Waals surface area (Å²) in [6.07, 6.45) is 1.80. The van der Waals surface area contributed by atoms with Crippen LogP contribution in [0.4, 0.5) is 5.82 Å². The molecule has 1 saturated heterocycles. The lowest BCUT2D eigenvalue weighted by atomic mass is 9.78. The smallest absolute Gasteiger partial charge is 0.400 e. The van der Waals surface area contributed by atoms with Gasteiger partial charge in [0.1, 0.15) is 0 Å². The summed E-state index contributed by atoms with van der Waals surface area (Å²) in [6, 6.07) is 1.62. The van der Waals surface area contributed by atoms with Gasteiger partial charge in [-0.1, -0.05) is 29.4 Å². The zero-order valence-corrected chi connectivity index (χ0v) is 16.0. The molecule has 1 aromatic rings. The van der Waals surface area contributed by atoms with Gasteiger partial charge in [0.05, 0.1) is 11.2 Å². The van der Waals surface area contributed by atoms with Crippen molar-refractivity contribution in [1.82, 2.24) is 10.2 Å². The second-order valence-electron chi connectivity index (χ2n) is 6.60. The topological polar surface area (TPSA) is 87.3 Å². The Morgan fingerprint density at radius 1 is 1.33 bits per heavy atom. The number of aromatic nitrogens is 2. The maximum atomic E-state index is 11.4. The monoisotopic (exact) mass is 369 g/mol. The normalized spacial score (nSPS) is 19.6. The average Bonchev–Trinajstić information content (AvgIpc) is 2.66. The highest BCUT2D eigenvalue weighted by Crippen LogP contribution is 2.39. The minimum Gasteiger partial charge on any atom is -0.400 e. The highest BCUT2D eigenvalue weighted by Gasteiger charge is 2.52. The molecule has 0 amide bonds. The molecule has 0 aliphatic carbocycles. The first-order valence-electron chi connectivity index (χ1n) is 7.50. The molecule has 9 heteroatoms. The molecule has 1 fully saturated rings. The molecule has 2 N–H and O–H groups in total. The van der Waals surface area contributed by atoms with E-state index >= 15 is 0 Å². The van der Waals surface area contributed by atoms with Crippen LogP contribution >= 0.6 is 23.4 Å². The van der Waals surface area contributed by atoms with Crippen molar-refractivity contribution >= 4 is 47.5 Å². The number of rotatable bonds is 4. The quantitative estimate of drug-likeness (QED) is 0.816. The molecule has 1 aliphatic rings. The van der Waals surface area contributed by atoms with Crippen LogP contribution in [0.3, 0.4) is 0 Å². The van der Waals surface area contributed by atoms with Gasteiger partial charge in [0.2, 0.25) is 0 Å². The maximum absolute atomic E-state index is 11.4. The van der Waals surface area contributed by atoms with Gasteiger partial charge in [-0.2, -0.15) is 0 Å². The molecule has 1 aliphatic heterocycles. The second kappa shape index (κ2) is 7.03. The number of nitrogen functional groups attached to an aromatic ring is 1. The molecule has 0 atom stereocenters. The van der Waals surface area contributed by atoms with Gasteiger partial charge in [0, 0.05) is 18.2 Å². The van der Waals surface area contributed by atoms with E-state index in [0.717, 1.165) is 5.47 Å². The van der Waals surface area contributed by atoms with Gasteiger partial charge < -0.3 is 15.0 Å². The Labute approximate surface area is 151 Å². The standard InChI is InChI=1S/C15H21BClN3O3S/c1-9(21)24-8-11(6-10-7-12(17)19-20-13(10)18)16-22-14(2,3)15(4,5)23-16/h6-7H,8H2,1-5H3,(H2,18,20). The molecule has 130 valence electrons. The van der Waals surface area contributed by atoms with E-state index in [9.17, 15) is 4.79 Å². The van der Waals surface area contributed by atoms with Gasteiger partial charge in [0.15, 0.2) is 16.1 Å². The fourth-order valence-electron chi connectivity index (χ4n) is 2.06. The first-order valence-corrected chi connectivity index (χ1v) is 8.86. The van der Waals surface area contributed by atoms with Crippen molar-refractivity contribution < 1.29 is 14.1 Å². The molecule has 2 heterocycles. The van der Waals surface area contributed by atoms with Gasteiger partial charge >= 0.3 is 7.12 Å². The Morgan fingerprint density at radius 2 is 1.92 bits per heavy atom. The zero-order chi connectivity index (χ0) is 18.1. The van der Waals surface area contributed by atoms with E-state index in [4.69, 9.17) is 26.6 Å². The summed E-state index contributed by atoms with van der Waals surface area (Å²) in [6.45, 7) is 9.42. The number of halogens is 1. The predicted octanol–water partition coefficient (Wildman–Crippen LogP) is 3.01. The number of carbonyl (C=O) groups is 1. The van der Waals surface area contributed by atoms with Crippen molar-refractivity contribution in [3.63, 3.8) is 0 Å². The Hall–Kier alpha value is -1.09. The van der Waals surface area contributed by atoms with Crippen LogP contribution in [0, 0.1) is 0 Å². The fourth-order valence-corrected chi connectivity index (χ4v) is 2.81. The van der Waals surface area contributed by atoms with E-state index in [1.54, 1.807) is 12.1 Å². The average molecular weight is 370 g/mol. The first kappa shape index (κ1) is 19.2. The van der Waals surface area contributed by atoms with Gasteiger partial charge in [0.25, 0.3) is 0 Å². The van der Waals surface area contributed by atoms with Crippen molar-refractivity contribution in [1.29, 1.82) is 0 Å². The van der Waals surface area contributed by atoms with Crippen LogP contribution in [0.25, 0.3) is 6.08 Å². The van der Waals surface area contributed by atoms with Gasteiger partial charge in [-0.25, -0.2) is 0 Å². The van der Waals surface area contributed by atoms with Crippen LogP contribution in [-0.4, -0.2) is 39.4 Å². The summed E-state index contributed by atoms with van der Waals surface area (Å²) in [4.78, 5) is 11.4. The molecule has 24 heavy (non-hydrogen) atoms. The van der Waals surface area contributed by atoms with Crippen molar-refractivity contribution in [3.05, 3.63) is 22.3 Å². The second-order valence-corrected chi connectivity index (χ2v) is 8.13. The number of nitrogens with two attached hydrogens (primary N) is 1. The molecule has 0 aromatic carbocycles. The summed E-state index contributed by atoms with van der Waals surface area (Å²) in [7, 11) is -0.576. The van der Waals surface area contributed by atoms with E-state index in [1.807, 2.05) is 27.7 Å². The van der Waals surface area contributed by atoms with Crippen LogP contribution in [-0.2, 0) is 14.1 Å². The predicted molar refractivity (Wildman–Crippen MR) is 98.7 cm³/mol. The Kier molecular flexibility index (Phi) is 5.64. The van der Waals surface area contributed by atoms with Crippen molar-refractivity contribution in [2.45, 2.75) is 45.8 Å². The molecule has 2 rings (SSSR count). The van der Waals surface area contributed by atoms with E-state index in [-0.39, 0.29) is 16.1 Å². The number of nitrogens with zero attached hydrogens (tertiary/aromatic N) is 2. The van der Waals surface area contributed by atoms with Crippen molar-refractivity contribution in [2.75, 3.05) is 11.5 Å². The minimum atomic E-state index is -0.576. The molecule has 0 saturated carbocycles. The zero-order valence-electron chi connectivity index (χ0n) is 14.4. The summed E-state index contributed by atoms with van der Waals surface area (Å²) >= 11 is 7.08. The Morgan fingerprint density at radius 3 is 2.46 bits per heavy atom. The third kappa shape index (κ3) is 4.30. The van der Waals surface area contributed by atoms with E-state index in [0.29, 0.717) is 11.3 Å². The van der Waals surface area contributed by atoms with Crippen molar-refractivity contribution in [3.8, 4) is 0 Å². The summed E-state index contributed by atoms with van der Waals surface area (Å²) < 4.78 is 12.2. The molecule has 6 nitrogen and oxygen atoms in total. The number of hydrogen-bond acceptors (Lipinski definition) is 7. The molecular weight excluding hydrogens is 349 g/mol. The van der Waals surface area contributed by atoms with E-state index in [1.165, 1.54) is 18.7 Å². The van der Waals surface area contributed by atoms with Crippen LogP contribution in [0.5, 0.6) is 0 Å². The molecule has 0 spiro atoms. The van der Waals surface area contributed by atoms with Gasteiger partial charge in [-0.15, -0.1) is 10.2 Å². The van der Waals surface area contributed by atoms with E-state index < -0.39 is 18.3 Å². The van der Waals surface area contributed by atoms with Crippen LogP contribution in [0.2, 0.25) is 5.15 Å². The Balaban J connectivity index is 2.37. The molecular formula is C15H21BClN3O3S. The highest BCUT2D eigenvalue weighted by atomic mass is 35.5. The van der Waals surface area contributed by atoms with Gasteiger partial charge in [-0.3, -0.25) is 4.79 Å². The SMILES string of the molecule is CC(=O)SCC(=Cc1cc(Cl)nnc1N)B1OC(C)(C)C(C)(C)O1. The summed E-state index contributed by atoms with van der Waals surface area (Å²) in [5.41, 5.74) is 6.31. The maximum Gasteiger partial charge on any atom is 0.491 e. The third-order valence-corrected chi connectivity index (χ3v) is 5.23. The minimum absolute atomic E-state index is 0.0104. The molecule has 1 aromatic heterocycles. The molecule has 0 unspecified atom stereocenters. The lowest BCUT2D eigenvalue weighted by Gasteiger charge is -2.32. The van der Waals surface area contributed by atoms with Crippen LogP contribution < -0.4 is 5.73 Å². The first-order chi connectivity index (χ1) is 11.0. The number of thioether (sulfide) groups is 1. The Bertz CT molecular complexity index is 666.